The van der Waals surface area contributed by atoms with Gasteiger partial charge in [-0.25, -0.2) is 0 Å². The number of aliphatic hydroxyl groups is 4. The van der Waals surface area contributed by atoms with E-state index in [2.05, 4.69) is 0 Å². The van der Waals surface area contributed by atoms with E-state index >= 15 is 0 Å². The van der Waals surface area contributed by atoms with Crippen LogP contribution in [0.2, 0.25) is 0 Å². The quantitative estimate of drug-likeness (QED) is 0.262. The van der Waals surface area contributed by atoms with Crippen molar-refractivity contribution in [3.63, 3.8) is 0 Å². The molecule has 4 N–H and O–H groups in total. The minimum Gasteiger partial charge on any atom is -0.396 e. The van der Waals surface area contributed by atoms with Crippen molar-refractivity contribution in [1.82, 2.24) is 0 Å². The smallest absolute Gasteiger partial charge is 0.169 e. The lowest BCUT2D eigenvalue weighted by Gasteiger charge is -2.47. The van der Waals surface area contributed by atoms with Crippen LogP contribution in [0, 0.1) is 27.1 Å². The Balaban J connectivity index is 0.000000200. The van der Waals surface area contributed by atoms with Gasteiger partial charge in [0, 0.05) is 10.8 Å². The Kier molecular flexibility index (Phi) is 13.7. The fourth-order valence-corrected chi connectivity index (χ4v) is 5.31. The first-order valence-electron chi connectivity index (χ1n) is 16.0. The number of hydrogen-bond donors (Lipinski definition) is 4. The van der Waals surface area contributed by atoms with Crippen molar-refractivity contribution in [2.45, 2.75) is 98.2 Å². The third-order valence-corrected chi connectivity index (χ3v) is 9.20. The number of aliphatic hydroxyl groups excluding tert-OH is 4. The molecule has 0 bridgehead atoms. The molecule has 0 amide bonds. The Labute approximate surface area is 271 Å². The molecular weight excluding hydrogens is 608 g/mol. The molecule has 5 fully saturated rings. The number of hydrogen-bond acceptors (Lipinski definition) is 14. The maximum Gasteiger partial charge on any atom is 0.169 e. The van der Waals surface area contributed by atoms with Crippen LogP contribution < -0.4 is 0 Å². The molecule has 5 aliphatic rings. The molecule has 5 heterocycles. The van der Waals surface area contributed by atoms with Crippen molar-refractivity contribution in [3.05, 3.63) is 0 Å². The number of ether oxygens (including phenoxy) is 8. The van der Waals surface area contributed by atoms with Crippen LogP contribution in [0.5, 0.6) is 0 Å². The third kappa shape index (κ3) is 9.30. The number of carbonyl (C=O) groups is 2. The van der Waals surface area contributed by atoms with Gasteiger partial charge in [0.15, 0.2) is 18.9 Å². The second kappa shape index (κ2) is 16.0. The van der Waals surface area contributed by atoms with E-state index < -0.39 is 47.3 Å². The molecule has 0 radical (unpaired) electrons. The van der Waals surface area contributed by atoms with E-state index in [0.29, 0.717) is 39.6 Å². The van der Waals surface area contributed by atoms with E-state index in [0.717, 1.165) is 19.0 Å². The van der Waals surface area contributed by atoms with Crippen LogP contribution in [0.4, 0.5) is 0 Å². The van der Waals surface area contributed by atoms with E-state index in [9.17, 15) is 19.8 Å². The van der Waals surface area contributed by atoms with E-state index in [-0.39, 0.29) is 49.5 Å². The summed E-state index contributed by atoms with van der Waals surface area (Å²) in [6.45, 7) is 16.2. The molecular formula is C32H56O14. The van der Waals surface area contributed by atoms with Gasteiger partial charge < -0.3 is 67.9 Å². The van der Waals surface area contributed by atoms with Crippen LogP contribution >= 0.6 is 0 Å². The van der Waals surface area contributed by atoms with Crippen molar-refractivity contribution in [3.8, 4) is 0 Å². The van der Waals surface area contributed by atoms with Crippen LogP contribution in [0.25, 0.3) is 0 Å². The average molecular weight is 665 g/mol. The highest BCUT2D eigenvalue weighted by molar-refractivity contribution is 5.59. The van der Waals surface area contributed by atoms with Gasteiger partial charge in [-0.2, -0.15) is 0 Å². The topological polar surface area (TPSA) is 189 Å². The first kappa shape index (κ1) is 39.3. The van der Waals surface area contributed by atoms with Gasteiger partial charge in [0.2, 0.25) is 0 Å². The van der Waals surface area contributed by atoms with Gasteiger partial charge in [0.25, 0.3) is 0 Å². The van der Waals surface area contributed by atoms with Gasteiger partial charge in [-0.1, -0.05) is 20.8 Å². The van der Waals surface area contributed by atoms with Crippen LogP contribution in [-0.2, 0) is 47.5 Å². The SMILES string of the molecule is CC(C)(C=O)C1OCC2(CO1)COC(C(C)(C)CO)OC2.CCC1(CO)COC(C(C)(C)C=O)OC1.OC1CO[C@@H]2C(O)CO[C@H]12. The molecule has 2 unspecified atom stereocenters. The average Bonchev–Trinajstić information content (AvgIpc) is 3.63. The molecule has 0 aliphatic carbocycles. The normalized spacial score (nSPS) is 38.2. The summed E-state index contributed by atoms with van der Waals surface area (Å²) in [7, 11) is 0. The molecule has 14 heteroatoms. The van der Waals surface area contributed by atoms with Crippen molar-refractivity contribution in [2.75, 3.05) is 66.1 Å². The molecule has 0 aromatic carbocycles. The molecule has 0 saturated carbocycles. The third-order valence-electron chi connectivity index (χ3n) is 9.20. The summed E-state index contributed by atoms with van der Waals surface area (Å²) in [5.74, 6) is 0. The van der Waals surface area contributed by atoms with Gasteiger partial charge in [0.1, 0.15) is 37.0 Å². The summed E-state index contributed by atoms with van der Waals surface area (Å²) in [5.41, 5.74) is -2.37. The van der Waals surface area contributed by atoms with Crippen LogP contribution in [0.15, 0.2) is 0 Å². The lowest BCUT2D eigenvalue weighted by atomic mass is 9.86. The highest BCUT2D eigenvalue weighted by atomic mass is 16.7. The Morgan fingerprint density at radius 2 is 1.00 bits per heavy atom. The first-order valence-corrected chi connectivity index (χ1v) is 16.0. The summed E-state index contributed by atoms with van der Waals surface area (Å²) in [6.07, 6.45) is -0.670. The highest BCUT2D eigenvalue weighted by Gasteiger charge is 2.48. The zero-order chi connectivity index (χ0) is 34.4. The second-order valence-corrected chi connectivity index (χ2v) is 15.1. The zero-order valence-electron chi connectivity index (χ0n) is 28.3. The minimum absolute atomic E-state index is 0.00668. The van der Waals surface area contributed by atoms with Crippen molar-refractivity contribution >= 4 is 12.6 Å². The lowest BCUT2D eigenvalue weighted by molar-refractivity contribution is -0.332. The standard InChI is InChI=1S/C15H26O6.C11H20O4.C6H10O4/c1-13(2,5-16)11-18-7-15(8-19-11)9-20-12(21-10-15)14(3,4)6-17;1-4-11(6-13)7-14-9(15-8-11)10(2,3)5-12;7-3-1-9-6-4(8)2-10-5(3)6/h5,11-12,17H,6-10H2,1-4H3;5,9,13H,4,6-8H2,1-3H3;3-8H,1-2H2/t;;3?,4?,5-,6-/m..1/s1. The lowest BCUT2D eigenvalue weighted by Crippen LogP contribution is -2.56. The monoisotopic (exact) mass is 664 g/mol. The Morgan fingerprint density at radius 3 is 1.33 bits per heavy atom. The molecule has 0 aromatic rings. The fourth-order valence-electron chi connectivity index (χ4n) is 5.31. The van der Waals surface area contributed by atoms with Crippen LogP contribution in [0.3, 0.4) is 0 Å². The van der Waals surface area contributed by atoms with Gasteiger partial charge in [-0.05, 0) is 34.1 Å². The van der Waals surface area contributed by atoms with Gasteiger partial charge in [0.05, 0.1) is 82.3 Å². The molecule has 14 nitrogen and oxygen atoms in total. The minimum atomic E-state index is -0.667. The molecule has 268 valence electrons. The fraction of sp³-hybridized carbons (Fsp3) is 0.938. The maximum absolute atomic E-state index is 11.0. The van der Waals surface area contributed by atoms with Crippen LogP contribution in [0.1, 0.15) is 54.9 Å². The van der Waals surface area contributed by atoms with Gasteiger partial charge in [-0.15, -0.1) is 0 Å². The van der Waals surface area contributed by atoms with E-state index in [1.807, 2.05) is 20.8 Å². The summed E-state index contributed by atoms with van der Waals surface area (Å²) >= 11 is 0. The predicted octanol–water partition coefficient (Wildman–Crippen LogP) is 0.441. The first-order chi connectivity index (χ1) is 21.5. The number of carbonyl (C=O) groups excluding carboxylic acids is 2. The van der Waals surface area contributed by atoms with Crippen LogP contribution in [-0.4, -0.2) is 142 Å². The Bertz CT molecular complexity index is 922. The summed E-state index contributed by atoms with van der Waals surface area (Å²) < 4.78 is 44.1. The number of fused-ring (bicyclic) bond motifs is 1. The summed E-state index contributed by atoms with van der Waals surface area (Å²) in [6, 6.07) is 0. The number of aldehydes is 2. The molecule has 0 aromatic heterocycles. The van der Waals surface area contributed by atoms with E-state index in [4.69, 9.17) is 48.1 Å². The molecule has 1 spiro atoms. The van der Waals surface area contributed by atoms with E-state index in [1.165, 1.54) is 0 Å². The molecule has 5 saturated heterocycles. The second-order valence-electron chi connectivity index (χ2n) is 15.1. The number of rotatable bonds is 8. The van der Waals surface area contributed by atoms with Crippen molar-refractivity contribution < 1.29 is 67.9 Å². The Hall–Kier alpha value is -1.14. The van der Waals surface area contributed by atoms with Crippen molar-refractivity contribution in [2.24, 2.45) is 27.1 Å². The largest absolute Gasteiger partial charge is 0.396 e. The molecule has 5 rings (SSSR count). The van der Waals surface area contributed by atoms with Gasteiger partial charge in [-0.3, -0.25) is 0 Å². The summed E-state index contributed by atoms with van der Waals surface area (Å²) in [5, 5.41) is 36.9. The molecule has 4 atom stereocenters. The molecule has 46 heavy (non-hydrogen) atoms. The maximum atomic E-state index is 11.0. The van der Waals surface area contributed by atoms with E-state index in [1.54, 1.807) is 27.7 Å². The van der Waals surface area contributed by atoms with Gasteiger partial charge >= 0.3 is 0 Å². The predicted molar refractivity (Wildman–Crippen MR) is 161 cm³/mol. The van der Waals surface area contributed by atoms with Crippen molar-refractivity contribution in [1.29, 1.82) is 0 Å². The Morgan fingerprint density at radius 1 is 0.630 bits per heavy atom. The summed E-state index contributed by atoms with van der Waals surface area (Å²) in [4.78, 5) is 21.9. The zero-order valence-corrected chi connectivity index (χ0v) is 28.3. The highest BCUT2D eigenvalue weighted by Crippen LogP contribution is 2.38. The molecule has 5 aliphatic heterocycles.